The minimum atomic E-state index is 0.647. The van der Waals surface area contributed by atoms with E-state index in [1.165, 1.54) is 6.33 Å². The van der Waals surface area contributed by atoms with Crippen LogP contribution in [-0.4, -0.2) is 9.97 Å². The average molecular weight is 172 g/mol. The number of hydrogen-bond donors (Lipinski definition) is 0. The highest BCUT2D eigenvalue weighted by molar-refractivity contribution is 5.26. The summed E-state index contributed by atoms with van der Waals surface area (Å²) in [5.41, 5.74) is 0. The molecule has 1 aromatic heterocycles. The van der Waals surface area contributed by atoms with Crippen molar-refractivity contribution in [1.29, 1.82) is 0 Å². The summed E-state index contributed by atoms with van der Waals surface area (Å²) in [5, 5.41) is 0. The van der Waals surface area contributed by atoms with Gasteiger partial charge in [-0.15, -0.1) is 0 Å². The number of aromatic nitrogens is 2. The first kappa shape index (κ1) is 7.73. The van der Waals surface area contributed by atoms with Gasteiger partial charge in [0.25, 0.3) is 0 Å². The van der Waals surface area contributed by atoms with Crippen molar-refractivity contribution in [3.63, 3.8) is 0 Å². The third-order valence-electron chi connectivity index (χ3n) is 1.52. The van der Waals surface area contributed by atoms with Crippen molar-refractivity contribution in [2.24, 2.45) is 0 Å². The molecule has 0 atom stereocenters. The zero-order valence-electron chi connectivity index (χ0n) is 6.92. The third kappa shape index (κ3) is 2.02. The Bertz CT molecular complexity index is 324. The van der Waals surface area contributed by atoms with Gasteiger partial charge in [-0.1, -0.05) is 18.2 Å². The van der Waals surface area contributed by atoms with Gasteiger partial charge in [-0.2, -0.15) is 0 Å². The van der Waals surface area contributed by atoms with Gasteiger partial charge in [0.05, 0.1) is 12.4 Å². The number of ether oxygens (including phenoxy) is 1. The lowest BCUT2D eigenvalue weighted by molar-refractivity contribution is 0.477. The first-order chi connectivity index (χ1) is 6.45. The molecule has 64 valence electrons. The van der Waals surface area contributed by atoms with Gasteiger partial charge in [0.1, 0.15) is 12.1 Å². The lowest BCUT2D eigenvalue weighted by Crippen LogP contribution is -1.85. The summed E-state index contributed by atoms with van der Waals surface area (Å²) in [6, 6.07) is 9.53. The van der Waals surface area contributed by atoms with Crippen LogP contribution in [0.2, 0.25) is 0 Å². The van der Waals surface area contributed by atoms with Crippen molar-refractivity contribution >= 4 is 0 Å². The van der Waals surface area contributed by atoms with Gasteiger partial charge < -0.3 is 4.74 Å². The van der Waals surface area contributed by atoms with E-state index in [0.717, 1.165) is 5.75 Å². The molecule has 0 bridgehead atoms. The van der Waals surface area contributed by atoms with Gasteiger partial charge in [-0.25, -0.2) is 9.97 Å². The van der Waals surface area contributed by atoms with Gasteiger partial charge in [-0.05, 0) is 12.1 Å². The lowest BCUT2D eigenvalue weighted by atomic mass is 10.3. The molecule has 0 amide bonds. The number of benzene rings is 1. The molecule has 0 saturated heterocycles. The quantitative estimate of drug-likeness (QED) is 0.697. The molecule has 0 aliphatic carbocycles. The second-order valence-corrected chi connectivity index (χ2v) is 2.49. The number of hydrogen-bond acceptors (Lipinski definition) is 3. The van der Waals surface area contributed by atoms with Gasteiger partial charge in [-0.3, -0.25) is 0 Å². The Balaban J connectivity index is 2.16. The maximum Gasteiger partial charge on any atom is 0.163 e. The fourth-order valence-electron chi connectivity index (χ4n) is 0.963. The van der Waals surface area contributed by atoms with Gasteiger partial charge in [0, 0.05) is 0 Å². The normalized spacial score (nSPS) is 9.54. The highest BCUT2D eigenvalue weighted by atomic mass is 16.5. The molecule has 0 spiro atoms. The van der Waals surface area contributed by atoms with Crippen molar-refractivity contribution in [3.8, 4) is 11.5 Å². The summed E-state index contributed by atoms with van der Waals surface area (Å²) < 4.78 is 5.45. The molecular formula is C10H8N2O. The summed E-state index contributed by atoms with van der Waals surface area (Å²) >= 11 is 0. The van der Waals surface area contributed by atoms with Gasteiger partial charge in [0.15, 0.2) is 5.75 Å². The topological polar surface area (TPSA) is 35.0 Å². The van der Waals surface area contributed by atoms with Crippen molar-refractivity contribution in [2.45, 2.75) is 0 Å². The summed E-state index contributed by atoms with van der Waals surface area (Å²) in [4.78, 5) is 7.69. The SMILES string of the molecule is c1ccc(Oc2cncnc2)cc1. The van der Waals surface area contributed by atoms with Crippen LogP contribution in [-0.2, 0) is 0 Å². The highest BCUT2D eigenvalue weighted by Gasteiger charge is 1.94. The Hall–Kier alpha value is -1.90. The van der Waals surface area contributed by atoms with E-state index < -0.39 is 0 Å². The van der Waals surface area contributed by atoms with E-state index in [9.17, 15) is 0 Å². The summed E-state index contributed by atoms with van der Waals surface area (Å²) in [5.74, 6) is 1.44. The molecule has 0 N–H and O–H groups in total. The zero-order valence-corrected chi connectivity index (χ0v) is 6.92. The predicted octanol–water partition coefficient (Wildman–Crippen LogP) is 2.27. The fourth-order valence-corrected chi connectivity index (χ4v) is 0.963. The third-order valence-corrected chi connectivity index (χ3v) is 1.52. The van der Waals surface area contributed by atoms with E-state index >= 15 is 0 Å². The van der Waals surface area contributed by atoms with E-state index in [-0.39, 0.29) is 0 Å². The van der Waals surface area contributed by atoms with E-state index in [1.54, 1.807) is 12.4 Å². The zero-order chi connectivity index (χ0) is 8.93. The lowest BCUT2D eigenvalue weighted by Gasteiger charge is -2.02. The van der Waals surface area contributed by atoms with E-state index in [2.05, 4.69) is 9.97 Å². The van der Waals surface area contributed by atoms with Gasteiger partial charge in [0.2, 0.25) is 0 Å². The van der Waals surface area contributed by atoms with E-state index in [4.69, 9.17) is 4.74 Å². The minimum absolute atomic E-state index is 0.647. The standard InChI is InChI=1S/C10H8N2O/c1-2-4-9(5-3-1)13-10-6-11-8-12-7-10/h1-8H. The Morgan fingerprint density at radius 2 is 1.54 bits per heavy atom. The highest BCUT2D eigenvalue weighted by Crippen LogP contribution is 2.17. The molecule has 1 heterocycles. The molecule has 2 rings (SSSR count). The van der Waals surface area contributed by atoms with Crippen LogP contribution < -0.4 is 4.74 Å². The molecule has 0 fully saturated rings. The molecular weight excluding hydrogens is 164 g/mol. The van der Waals surface area contributed by atoms with Crippen molar-refractivity contribution in [2.75, 3.05) is 0 Å². The van der Waals surface area contributed by atoms with Crippen LogP contribution >= 0.6 is 0 Å². The monoisotopic (exact) mass is 172 g/mol. The number of nitrogens with zero attached hydrogens (tertiary/aromatic N) is 2. The molecule has 1 aromatic carbocycles. The van der Waals surface area contributed by atoms with E-state index in [0.29, 0.717) is 5.75 Å². The average Bonchev–Trinajstić information content (AvgIpc) is 2.21. The second-order valence-electron chi connectivity index (χ2n) is 2.49. The van der Waals surface area contributed by atoms with Crippen LogP contribution in [0.3, 0.4) is 0 Å². The van der Waals surface area contributed by atoms with Gasteiger partial charge >= 0.3 is 0 Å². The van der Waals surface area contributed by atoms with Crippen LogP contribution in [0.5, 0.6) is 11.5 Å². The number of rotatable bonds is 2. The second kappa shape index (κ2) is 3.67. The molecule has 0 unspecified atom stereocenters. The molecule has 3 heteroatoms. The minimum Gasteiger partial charge on any atom is -0.454 e. The molecule has 13 heavy (non-hydrogen) atoms. The molecule has 0 radical (unpaired) electrons. The first-order valence-corrected chi connectivity index (χ1v) is 3.93. The summed E-state index contributed by atoms with van der Waals surface area (Å²) in [6.45, 7) is 0. The van der Waals surface area contributed by atoms with Crippen LogP contribution in [0, 0.1) is 0 Å². The molecule has 2 aromatic rings. The van der Waals surface area contributed by atoms with Crippen LogP contribution in [0.25, 0.3) is 0 Å². The maximum absolute atomic E-state index is 5.45. The molecule has 0 aliphatic heterocycles. The van der Waals surface area contributed by atoms with E-state index in [1.807, 2.05) is 30.3 Å². The van der Waals surface area contributed by atoms with Crippen molar-refractivity contribution in [3.05, 3.63) is 49.1 Å². The summed E-state index contributed by atoms with van der Waals surface area (Å²) in [7, 11) is 0. The Morgan fingerprint density at radius 3 is 2.23 bits per heavy atom. The Labute approximate surface area is 76.0 Å². The van der Waals surface area contributed by atoms with Crippen LogP contribution in [0.15, 0.2) is 49.1 Å². The van der Waals surface area contributed by atoms with Crippen LogP contribution in [0.1, 0.15) is 0 Å². The Kier molecular flexibility index (Phi) is 2.18. The first-order valence-electron chi connectivity index (χ1n) is 3.93. The fraction of sp³-hybridized carbons (Fsp3) is 0. The predicted molar refractivity (Wildman–Crippen MR) is 48.5 cm³/mol. The maximum atomic E-state index is 5.45. The molecule has 0 saturated carbocycles. The Morgan fingerprint density at radius 1 is 0.846 bits per heavy atom. The smallest absolute Gasteiger partial charge is 0.163 e. The number of para-hydroxylation sites is 1. The molecule has 0 aliphatic rings. The largest absolute Gasteiger partial charge is 0.454 e. The van der Waals surface area contributed by atoms with Crippen LogP contribution in [0.4, 0.5) is 0 Å². The van der Waals surface area contributed by atoms with Crippen molar-refractivity contribution < 1.29 is 4.74 Å². The molecule has 3 nitrogen and oxygen atoms in total. The summed E-state index contributed by atoms with van der Waals surface area (Å²) in [6.07, 6.45) is 4.72. The van der Waals surface area contributed by atoms with Crippen molar-refractivity contribution in [1.82, 2.24) is 9.97 Å².